The first-order valence-corrected chi connectivity index (χ1v) is 10.4. The lowest BCUT2D eigenvalue weighted by atomic mass is 9.99. The van der Waals surface area contributed by atoms with Gasteiger partial charge in [0.2, 0.25) is 11.8 Å². The molecule has 0 amide bonds. The Balaban J connectivity index is 1.64. The fourth-order valence-electron chi connectivity index (χ4n) is 3.52. The van der Waals surface area contributed by atoms with Crippen LogP contribution in [0, 0.1) is 10.1 Å². The van der Waals surface area contributed by atoms with E-state index in [1.807, 2.05) is 12.1 Å². The van der Waals surface area contributed by atoms with Crippen molar-refractivity contribution in [1.82, 2.24) is 24.9 Å². The maximum absolute atomic E-state index is 10.9. The highest BCUT2D eigenvalue weighted by Gasteiger charge is 2.18. The van der Waals surface area contributed by atoms with E-state index in [1.165, 1.54) is 17.7 Å². The van der Waals surface area contributed by atoms with Crippen molar-refractivity contribution in [1.29, 1.82) is 0 Å². The molecule has 11 nitrogen and oxygen atoms in total. The van der Waals surface area contributed by atoms with Crippen LogP contribution in [0.2, 0.25) is 0 Å². The number of pyridine rings is 1. The van der Waals surface area contributed by atoms with Crippen LogP contribution >= 0.6 is 0 Å². The van der Waals surface area contributed by atoms with Gasteiger partial charge in [-0.3, -0.25) is 10.1 Å². The van der Waals surface area contributed by atoms with Gasteiger partial charge in [-0.2, -0.15) is 0 Å². The molecule has 0 fully saturated rings. The third-order valence-electron chi connectivity index (χ3n) is 5.17. The summed E-state index contributed by atoms with van der Waals surface area (Å²) in [5.41, 5.74) is 16.7. The number of benzene rings is 1. The molecule has 0 bridgehead atoms. The van der Waals surface area contributed by atoms with Crippen molar-refractivity contribution in [2.75, 3.05) is 23.3 Å². The highest BCUT2D eigenvalue weighted by molar-refractivity contribution is 5.81. The predicted octanol–water partition coefficient (Wildman–Crippen LogP) is 3.22. The van der Waals surface area contributed by atoms with Crippen molar-refractivity contribution >= 4 is 23.3 Å². The van der Waals surface area contributed by atoms with Crippen LogP contribution in [0.15, 0.2) is 48.9 Å². The second kappa shape index (κ2) is 9.30. The largest absolute Gasteiger partial charge is 0.378 e. The van der Waals surface area contributed by atoms with Crippen LogP contribution in [-0.2, 0) is 12.8 Å². The van der Waals surface area contributed by atoms with Crippen LogP contribution in [0.5, 0.6) is 0 Å². The lowest BCUT2D eigenvalue weighted by Crippen LogP contribution is -2.12. The average molecular weight is 445 g/mol. The molecule has 0 radical (unpaired) electrons. The van der Waals surface area contributed by atoms with Gasteiger partial charge in [-0.1, -0.05) is 31.2 Å². The van der Waals surface area contributed by atoms with E-state index in [0.717, 1.165) is 28.9 Å². The number of nitro groups is 1. The van der Waals surface area contributed by atoms with Gasteiger partial charge in [0.15, 0.2) is 0 Å². The minimum atomic E-state index is -0.568. The van der Waals surface area contributed by atoms with Gasteiger partial charge in [0.05, 0.1) is 34.5 Å². The number of aryl methyl sites for hydroxylation is 1. The molecule has 0 atom stereocenters. The van der Waals surface area contributed by atoms with E-state index in [4.69, 9.17) is 11.5 Å². The molecule has 168 valence electrons. The summed E-state index contributed by atoms with van der Waals surface area (Å²) in [5, 5.41) is 14.1. The van der Waals surface area contributed by atoms with Gasteiger partial charge in [0.25, 0.3) is 0 Å². The van der Waals surface area contributed by atoms with Gasteiger partial charge < -0.3 is 21.8 Å². The zero-order chi connectivity index (χ0) is 23.4. The Kier molecular flexibility index (Phi) is 6.11. The van der Waals surface area contributed by atoms with Gasteiger partial charge in [0, 0.05) is 30.2 Å². The number of nitrogens with two attached hydrogens (primary N) is 2. The number of H-pyrrole nitrogens is 1. The first-order valence-electron chi connectivity index (χ1n) is 10.4. The lowest BCUT2D eigenvalue weighted by Gasteiger charge is -2.14. The summed E-state index contributed by atoms with van der Waals surface area (Å²) in [6.07, 6.45) is 4.74. The molecule has 0 aliphatic heterocycles. The highest BCUT2D eigenvalue weighted by atomic mass is 16.6. The van der Waals surface area contributed by atoms with Crippen LogP contribution in [0.3, 0.4) is 0 Å². The van der Waals surface area contributed by atoms with Crippen molar-refractivity contribution in [2.24, 2.45) is 0 Å². The van der Waals surface area contributed by atoms with E-state index in [1.54, 1.807) is 12.5 Å². The summed E-state index contributed by atoms with van der Waals surface area (Å²) in [7, 11) is 0. The lowest BCUT2D eigenvalue weighted by molar-refractivity contribution is -0.384. The summed E-state index contributed by atoms with van der Waals surface area (Å²) in [5.74, 6) is 0.450. The zero-order valence-corrected chi connectivity index (χ0v) is 17.9. The topological polar surface area (TPSA) is 175 Å². The quantitative estimate of drug-likeness (QED) is 0.234. The number of aromatic nitrogens is 5. The standard InChI is InChI=1S/C22H23N9O2/c1-2-13-3-5-14(6-4-13)20-19(16-11-25-12-27-16)15(28-22(24)30-20)9-10-26-18-8-7-17(31(32)33)21(23)29-18/h3-8,11-12H,2,9-10H2,1H3,(H,25,27)(H3,23,26,29)(H2,24,28,30). The monoisotopic (exact) mass is 445 g/mol. The van der Waals surface area contributed by atoms with Gasteiger partial charge in [0.1, 0.15) is 5.82 Å². The molecular weight excluding hydrogens is 422 g/mol. The molecule has 0 unspecified atom stereocenters. The van der Waals surface area contributed by atoms with E-state index in [2.05, 4.69) is 49.3 Å². The summed E-state index contributed by atoms with van der Waals surface area (Å²) < 4.78 is 0. The van der Waals surface area contributed by atoms with Gasteiger partial charge in [-0.05, 0) is 18.1 Å². The Hall–Kier alpha value is -4.54. The number of nitrogens with one attached hydrogen (secondary N) is 2. The second-order valence-electron chi connectivity index (χ2n) is 7.30. The minimum Gasteiger partial charge on any atom is -0.378 e. The van der Waals surface area contributed by atoms with Crippen LogP contribution in [0.4, 0.5) is 23.3 Å². The Bertz CT molecular complexity index is 1270. The Morgan fingerprint density at radius 3 is 2.52 bits per heavy atom. The Morgan fingerprint density at radius 2 is 1.88 bits per heavy atom. The third kappa shape index (κ3) is 4.71. The molecule has 33 heavy (non-hydrogen) atoms. The fourth-order valence-corrected chi connectivity index (χ4v) is 3.52. The normalized spacial score (nSPS) is 10.8. The summed E-state index contributed by atoms with van der Waals surface area (Å²) in [6, 6.07) is 11.0. The number of imidazole rings is 1. The maximum Gasteiger partial charge on any atom is 0.311 e. The molecular formula is C22H23N9O2. The second-order valence-corrected chi connectivity index (χ2v) is 7.30. The number of nitrogens with zero attached hydrogens (tertiary/aromatic N) is 5. The molecule has 11 heteroatoms. The minimum absolute atomic E-state index is 0.146. The van der Waals surface area contributed by atoms with E-state index < -0.39 is 4.92 Å². The molecule has 0 spiro atoms. The summed E-state index contributed by atoms with van der Waals surface area (Å²) in [4.78, 5) is 30.7. The SMILES string of the molecule is CCc1ccc(-c2nc(N)nc(CCNc3ccc([N+](=O)[O-])c(N)n3)c2-c2cnc[nH]2)cc1. The van der Waals surface area contributed by atoms with Gasteiger partial charge >= 0.3 is 5.69 Å². The summed E-state index contributed by atoms with van der Waals surface area (Å²) in [6.45, 7) is 2.54. The molecule has 0 saturated heterocycles. The van der Waals surface area contributed by atoms with Crippen molar-refractivity contribution in [2.45, 2.75) is 19.8 Å². The molecule has 3 heterocycles. The number of hydrogen-bond acceptors (Lipinski definition) is 9. The predicted molar refractivity (Wildman–Crippen MR) is 126 cm³/mol. The molecule has 6 N–H and O–H groups in total. The van der Waals surface area contributed by atoms with Crippen molar-refractivity contribution in [3.63, 3.8) is 0 Å². The Morgan fingerprint density at radius 1 is 1.09 bits per heavy atom. The smallest absolute Gasteiger partial charge is 0.311 e. The molecule has 3 aromatic heterocycles. The highest BCUT2D eigenvalue weighted by Crippen LogP contribution is 2.33. The van der Waals surface area contributed by atoms with Crippen molar-refractivity contribution < 1.29 is 4.92 Å². The van der Waals surface area contributed by atoms with E-state index in [-0.39, 0.29) is 17.5 Å². The Labute approximate surface area is 189 Å². The van der Waals surface area contributed by atoms with Crippen LogP contribution in [0.1, 0.15) is 18.2 Å². The average Bonchev–Trinajstić information content (AvgIpc) is 3.33. The third-order valence-corrected chi connectivity index (χ3v) is 5.17. The molecule has 4 aromatic rings. The van der Waals surface area contributed by atoms with Gasteiger partial charge in [-0.25, -0.2) is 19.9 Å². The van der Waals surface area contributed by atoms with Crippen LogP contribution in [-0.4, -0.2) is 36.4 Å². The molecule has 0 aliphatic rings. The molecule has 0 aliphatic carbocycles. The molecule has 4 rings (SSSR count). The van der Waals surface area contributed by atoms with Crippen molar-refractivity contribution in [3.05, 3.63) is 70.3 Å². The zero-order valence-electron chi connectivity index (χ0n) is 17.9. The number of anilines is 3. The number of aromatic amines is 1. The molecule has 0 saturated carbocycles. The van der Waals surface area contributed by atoms with E-state index >= 15 is 0 Å². The number of nitrogen functional groups attached to an aromatic ring is 2. The first kappa shape index (κ1) is 21.7. The van der Waals surface area contributed by atoms with E-state index in [9.17, 15) is 10.1 Å². The first-order chi connectivity index (χ1) is 16.0. The maximum atomic E-state index is 10.9. The van der Waals surface area contributed by atoms with Crippen LogP contribution in [0.25, 0.3) is 22.5 Å². The van der Waals surface area contributed by atoms with Crippen LogP contribution < -0.4 is 16.8 Å². The van der Waals surface area contributed by atoms with Gasteiger partial charge in [-0.15, -0.1) is 0 Å². The molecule has 1 aromatic carbocycles. The van der Waals surface area contributed by atoms with E-state index in [0.29, 0.717) is 24.5 Å². The number of hydrogen-bond donors (Lipinski definition) is 4. The fraction of sp³-hybridized carbons (Fsp3) is 0.182. The number of rotatable bonds is 8. The van der Waals surface area contributed by atoms with Crippen molar-refractivity contribution in [3.8, 4) is 22.5 Å². The summed E-state index contributed by atoms with van der Waals surface area (Å²) >= 11 is 0.